The first-order valence-electron chi connectivity index (χ1n) is 9.43. The molecule has 2 aromatic carbocycles. The van der Waals surface area contributed by atoms with Gasteiger partial charge >= 0.3 is 5.97 Å². The van der Waals surface area contributed by atoms with Gasteiger partial charge in [-0.3, -0.25) is 9.59 Å². The number of nitrogens with zero attached hydrogens (tertiary/aromatic N) is 2. The zero-order valence-electron chi connectivity index (χ0n) is 16.6. The van der Waals surface area contributed by atoms with Gasteiger partial charge in [-0.2, -0.15) is 0 Å². The summed E-state index contributed by atoms with van der Waals surface area (Å²) < 4.78 is 10.3. The van der Waals surface area contributed by atoms with Gasteiger partial charge in [-0.05, 0) is 43.3 Å². The Kier molecular flexibility index (Phi) is 6.49. The van der Waals surface area contributed by atoms with E-state index in [0.29, 0.717) is 31.7 Å². The van der Waals surface area contributed by atoms with Crippen molar-refractivity contribution in [3.05, 3.63) is 59.7 Å². The summed E-state index contributed by atoms with van der Waals surface area (Å²) in [4.78, 5) is 39.9. The van der Waals surface area contributed by atoms with E-state index >= 15 is 0 Å². The van der Waals surface area contributed by atoms with Gasteiger partial charge in [0.05, 0.1) is 12.7 Å². The van der Waals surface area contributed by atoms with Crippen molar-refractivity contribution in [1.82, 2.24) is 4.90 Å². The highest BCUT2D eigenvalue weighted by Gasteiger charge is 2.22. The van der Waals surface area contributed by atoms with Crippen LogP contribution in [0.25, 0.3) is 0 Å². The molecule has 1 fully saturated rings. The van der Waals surface area contributed by atoms with Gasteiger partial charge in [0.2, 0.25) is 0 Å². The maximum absolute atomic E-state index is 12.4. The van der Waals surface area contributed by atoms with Crippen molar-refractivity contribution in [2.75, 3.05) is 44.8 Å². The quantitative estimate of drug-likeness (QED) is 0.551. The van der Waals surface area contributed by atoms with Crippen LogP contribution in [0.5, 0.6) is 5.75 Å². The Labute approximate surface area is 169 Å². The smallest absolute Gasteiger partial charge is 0.338 e. The number of methoxy groups -OCH3 is 1. The molecule has 7 nitrogen and oxygen atoms in total. The molecule has 0 aromatic heterocycles. The SMILES string of the molecule is COc1ccc(N2CCN(C(=O)COC(=O)c3cccc(C(C)=O)c3)CC2)cc1. The van der Waals surface area contributed by atoms with Crippen molar-refractivity contribution in [1.29, 1.82) is 0 Å². The third-order valence-corrected chi connectivity index (χ3v) is 4.90. The molecule has 0 spiro atoms. The minimum atomic E-state index is -0.613. The van der Waals surface area contributed by atoms with Crippen LogP contribution in [-0.2, 0) is 9.53 Å². The Bertz CT molecular complexity index is 886. The Hall–Kier alpha value is -3.35. The van der Waals surface area contributed by atoms with Crippen LogP contribution in [0.15, 0.2) is 48.5 Å². The lowest BCUT2D eigenvalue weighted by Gasteiger charge is -2.36. The molecule has 1 heterocycles. The van der Waals surface area contributed by atoms with E-state index in [4.69, 9.17) is 9.47 Å². The largest absolute Gasteiger partial charge is 0.497 e. The molecule has 7 heteroatoms. The van der Waals surface area contributed by atoms with Gasteiger partial charge < -0.3 is 19.3 Å². The fraction of sp³-hybridized carbons (Fsp3) is 0.318. The molecule has 1 saturated heterocycles. The average Bonchev–Trinajstić information content (AvgIpc) is 2.77. The maximum atomic E-state index is 12.4. The third kappa shape index (κ3) is 5.13. The number of carbonyl (C=O) groups excluding carboxylic acids is 3. The standard InChI is InChI=1S/C22H24N2O5/c1-16(25)17-4-3-5-18(14-17)22(27)29-15-21(26)24-12-10-23(11-13-24)19-6-8-20(28-2)9-7-19/h3-9,14H,10-13,15H2,1-2H3. The van der Waals surface area contributed by atoms with E-state index in [1.54, 1.807) is 30.2 Å². The fourth-order valence-corrected chi connectivity index (χ4v) is 3.17. The summed E-state index contributed by atoms with van der Waals surface area (Å²) in [5, 5.41) is 0. The lowest BCUT2D eigenvalue weighted by molar-refractivity contribution is -0.134. The number of hydrogen-bond donors (Lipinski definition) is 0. The molecule has 2 aromatic rings. The number of Topliss-reactive ketones (excluding diaryl/α,β-unsaturated/α-hetero) is 1. The first-order valence-corrected chi connectivity index (χ1v) is 9.43. The molecule has 152 valence electrons. The summed E-state index contributed by atoms with van der Waals surface area (Å²) in [6.07, 6.45) is 0. The zero-order valence-corrected chi connectivity index (χ0v) is 16.6. The van der Waals surface area contributed by atoms with Crippen molar-refractivity contribution in [2.24, 2.45) is 0 Å². The molecule has 1 amide bonds. The van der Waals surface area contributed by atoms with Gasteiger partial charge in [-0.1, -0.05) is 12.1 Å². The molecule has 0 aliphatic carbocycles. The number of esters is 1. The molecule has 0 N–H and O–H groups in total. The average molecular weight is 396 g/mol. The Morgan fingerprint density at radius 1 is 0.931 bits per heavy atom. The van der Waals surface area contributed by atoms with Crippen LogP contribution in [0.2, 0.25) is 0 Å². The van der Waals surface area contributed by atoms with Crippen molar-refractivity contribution in [2.45, 2.75) is 6.92 Å². The molecule has 0 bridgehead atoms. The number of piperazine rings is 1. The van der Waals surface area contributed by atoms with Gasteiger partial charge in [0, 0.05) is 37.4 Å². The maximum Gasteiger partial charge on any atom is 0.338 e. The second-order valence-corrected chi connectivity index (χ2v) is 6.78. The van der Waals surface area contributed by atoms with Gasteiger partial charge in [0.1, 0.15) is 5.75 Å². The van der Waals surface area contributed by atoms with E-state index in [1.807, 2.05) is 24.3 Å². The van der Waals surface area contributed by atoms with Crippen LogP contribution >= 0.6 is 0 Å². The van der Waals surface area contributed by atoms with Crippen LogP contribution in [0.1, 0.15) is 27.6 Å². The first-order chi connectivity index (χ1) is 14.0. The molecule has 0 atom stereocenters. The predicted molar refractivity (Wildman–Crippen MR) is 109 cm³/mol. The number of benzene rings is 2. The van der Waals surface area contributed by atoms with Crippen molar-refractivity contribution in [3.63, 3.8) is 0 Å². The van der Waals surface area contributed by atoms with Gasteiger partial charge in [0.25, 0.3) is 5.91 Å². The highest BCUT2D eigenvalue weighted by atomic mass is 16.5. The van der Waals surface area contributed by atoms with Gasteiger partial charge in [-0.15, -0.1) is 0 Å². The Balaban J connectivity index is 1.48. The third-order valence-electron chi connectivity index (χ3n) is 4.90. The Morgan fingerprint density at radius 3 is 2.21 bits per heavy atom. The summed E-state index contributed by atoms with van der Waals surface area (Å²) in [6, 6.07) is 14.1. The molecule has 1 aliphatic rings. The summed E-state index contributed by atoms with van der Waals surface area (Å²) >= 11 is 0. The predicted octanol–water partition coefficient (Wildman–Crippen LogP) is 2.40. The van der Waals surface area contributed by atoms with E-state index < -0.39 is 5.97 Å². The number of anilines is 1. The molecule has 29 heavy (non-hydrogen) atoms. The summed E-state index contributed by atoms with van der Waals surface area (Å²) in [6.45, 7) is 3.63. The molecule has 0 saturated carbocycles. The van der Waals surface area contributed by atoms with E-state index in [2.05, 4.69) is 4.90 Å². The van der Waals surface area contributed by atoms with Crippen LogP contribution in [0, 0.1) is 0 Å². The lowest BCUT2D eigenvalue weighted by Crippen LogP contribution is -2.49. The molecule has 0 radical (unpaired) electrons. The minimum absolute atomic E-state index is 0.134. The highest BCUT2D eigenvalue weighted by molar-refractivity contribution is 5.98. The number of hydrogen-bond acceptors (Lipinski definition) is 6. The molecule has 3 rings (SSSR count). The van der Waals surface area contributed by atoms with Gasteiger partial charge in [0.15, 0.2) is 12.4 Å². The fourth-order valence-electron chi connectivity index (χ4n) is 3.17. The number of carbonyl (C=O) groups is 3. The monoisotopic (exact) mass is 396 g/mol. The van der Waals surface area contributed by atoms with Crippen molar-refractivity contribution in [3.8, 4) is 5.75 Å². The normalized spacial score (nSPS) is 13.7. The van der Waals surface area contributed by atoms with Gasteiger partial charge in [-0.25, -0.2) is 4.79 Å². The van der Waals surface area contributed by atoms with Crippen molar-refractivity contribution < 1.29 is 23.9 Å². The topological polar surface area (TPSA) is 76.2 Å². The van der Waals surface area contributed by atoms with Crippen LogP contribution in [-0.4, -0.2) is 62.5 Å². The number of rotatable bonds is 6. The molecular formula is C22H24N2O5. The number of amides is 1. The van der Waals surface area contributed by atoms with Crippen LogP contribution in [0.4, 0.5) is 5.69 Å². The summed E-state index contributed by atoms with van der Waals surface area (Å²) in [5.41, 5.74) is 1.77. The second-order valence-electron chi connectivity index (χ2n) is 6.78. The number of ketones is 1. The van der Waals surface area contributed by atoms with E-state index in [1.165, 1.54) is 13.0 Å². The minimum Gasteiger partial charge on any atom is -0.497 e. The molecule has 1 aliphatic heterocycles. The first kappa shape index (κ1) is 20.4. The molecular weight excluding hydrogens is 372 g/mol. The summed E-state index contributed by atoms with van der Waals surface area (Å²) in [7, 11) is 1.63. The van der Waals surface area contributed by atoms with E-state index in [9.17, 15) is 14.4 Å². The zero-order chi connectivity index (χ0) is 20.8. The summed E-state index contributed by atoms with van der Waals surface area (Å²) in [5.74, 6) is -0.169. The highest BCUT2D eigenvalue weighted by Crippen LogP contribution is 2.20. The number of ether oxygens (including phenoxy) is 2. The Morgan fingerprint density at radius 2 is 1.59 bits per heavy atom. The van der Waals surface area contributed by atoms with E-state index in [-0.39, 0.29) is 23.9 Å². The van der Waals surface area contributed by atoms with Crippen LogP contribution in [0.3, 0.4) is 0 Å². The van der Waals surface area contributed by atoms with Crippen molar-refractivity contribution >= 4 is 23.3 Å². The lowest BCUT2D eigenvalue weighted by atomic mass is 10.1. The second kappa shape index (κ2) is 9.23. The molecule has 0 unspecified atom stereocenters. The van der Waals surface area contributed by atoms with E-state index in [0.717, 1.165) is 11.4 Å². The van der Waals surface area contributed by atoms with Crippen LogP contribution < -0.4 is 9.64 Å².